The minimum Gasteiger partial charge on any atom is -0.377 e. The van der Waals surface area contributed by atoms with Crippen LogP contribution in [0.1, 0.15) is 25.7 Å². The van der Waals surface area contributed by atoms with Gasteiger partial charge in [0.15, 0.2) is 0 Å². The molecule has 0 aromatic rings. The Morgan fingerprint density at radius 1 is 1.20 bits per heavy atom. The lowest BCUT2D eigenvalue weighted by atomic mass is 9.88. The molecule has 3 heteroatoms. The van der Waals surface area contributed by atoms with Crippen molar-refractivity contribution in [3.8, 4) is 12.1 Å². The topological polar surface area (TPSA) is 50.8 Å². The summed E-state index contributed by atoms with van der Waals surface area (Å²) in [6.07, 6.45) is 4.04. The van der Waals surface area contributed by atoms with Crippen LogP contribution in [0.25, 0.3) is 0 Å². The summed E-state index contributed by atoms with van der Waals surface area (Å²) in [6, 6.07) is 4.03. The van der Waals surface area contributed by atoms with Gasteiger partial charge in [-0.2, -0.15) is 10.5 Å². The second-order valence-electron chi connectivity index (χ2n) is 4.03. The minimum atomic E-state index is 0.317. The molecule has 2 aliphatic rings. The van der Waals surface area contributed by atoms with E-state index in [-0.39, 0.29) is 0 Å². The minimum absolute atomic E-state index is 0.317. The van der Waals surface area contributed by atoms with Crippen LogP contribution in [0, 0.1) is 22.7 Å². The Kier molecular flexibility index (Phi) is 2.47. The standard InChI is InChI=1S/C12H13N3/c1-15-6-5-11-10(9(7-13)8-14)3-2-4-12(11)15/h2-6H2,1H3. The third-order valence-electron chi connectivity index (χ3n) is 3.24. The van der Waals surface area contributed by atoms with E-state index in [1.165, 1.54) is 11.3 Å². The molecule has 0 saturated heterocycles. The zero-order valence-electron chi connectivity index (χ0n) is 8.88. The number of rotatable bonds is 0. The molecule has 15 heavy (non-hydrogen) atoms. The van der Waals surface area contributed by atoms with E-state index < -0.39 is 0 Å². The SMILES string of the molecule is CN1CCC2=C1CCCC2=C(C#N)C#N. The maximum atomic E-state index is 8.90. The Labute approximate surface area is 89.9 Å². The van der Waals surface area contributed by atoms with E-state index in [1.807, 2.05) is 12.1 Å². The van der Waals surface area contributed by atoms with Crippen molar-refractivity contribution >= 4 is 0 Å². The van der Waals surface area contributed by atoms with E-state index in [4.69, 9.17) is 10.5 Å². The first kappa shape index (κ1) is 9.80. The summed E-state index contributed by atoms with van der Waals surface area (Å²) in [5.41, 5.74) is 3.93. The predicted octanol–water partition coefficient (Wildman–Crippen LogP) is 2.10. The molecule has 0 bridgehead atoms. The molecule has 3 nitrogen and oxygen atoms in total. The number of nitrogens with zero attached hydrogens (tertiary/aromatic N) is 3. The van der Waals surface area contributed by atoms with E-state index in [0.29, 0.717) is 5.57 Å². The summed E-state index contributed by atoms with van der Waals surface area (Å²) in [4.78, 5) is 2.25. The van der Waals surface area contributed by atoms with Crippen LogP contribution < -0.4 is 0 Å². The van der Waals surface area contributed by atoms with E-state index >= 15 is 0 Å². The molecule has 0 aromatic heterocycles. The summed E-state index contributed by atoms with van der Waals surface area (Å²) >= 11 is 0. The van der Waals surface area contributed by atoms with Crippen molar-refractivity contribution in [3.63, 3.8) is 0 Å². The number of allylic oxidation sites excluding steroid dienone is 3. The fourth-order valence-electron chi connectivity index (χ4n) is 2.48. The largest absolute Gasteiger partial charge is 0.377 e. The summed E-state index contributed by atoms with van der Waals surface area (Å²) in [5.74, 6) is 0. The molecule has 1 heterocycles. The van der Waals surface area contributed by atoms with E-state index in [2.05, 4.69) is 11.9 Å². The van der Waals surface area contributed by atoms with Crippen LogP contribution in [0.5, 0.6) is 0 Å². The molecule has 0 fully saturated rings. The van der Waals surface area contributed by atoms with Crippen molar-refractivity contribution in [1.82, 2.24) is 4.90 Å². The molecule has 0 amide bonds. The van der Waals surface area contributed by atoms with Gasteiger partial charge < -0.3 is 4.90 Å². The van der Waals surface area contributed by atoms with Gasteiger partial charge in [-0.1, -0.05) is 0 Å². The smallest absolute Gasteiger partial charge is 0.133 e. The number of hydrogen-bond donors (Lipinski definition) is 0. The molecule has 0 spiro atoms. The van der Waals surface area contributed by atoms with Gasteiger partial charge in [0.2, 0.25) is 0 Å². The highest BCUT2D eigenvalue weighted by molar-refractivity contribution is 5.52. The zero-order valence-corrected chi connectivity index (χ0v) is 8.88. The van der Waals surface area contributed by atoms with Crippen LogP contribution >= 0.6 is 0 Å². The van der Waals surface area contributed by atoms with Gasteiger partial charge in [0.25, 0.3) is 0 Å². The molecular weight excluding hydrogens is 186 g/mol. The van der Waals surface area contributed by atoms with Gasteiger partial charge in [0, 0.05) is 19.3 Å². The molecule has 0 atom stereocenters. The molecule has 76 valence electrons. The highest BCUT2D eigenvalue weighted by atomic mass is 15.1. The van der Waals surface area contributed by atoms with E-state index in [1.54, 1.807) is 0 Å². The van der Waals surface area contributed by atoms with Gasteiger partial charge in [0.05, 0.1) is 0 Å². The van der Waals surface area contributed by atoms with E-state index in [9.17, 15) is 0 Å². The first-order chi connectivity index (χ1) is 7.27. The summed E-state index contributed by atoms with van der Waals surface area (Å²) in [7, 11) is 2.09. The van der Waals surface area contributed by atoms with Crippen LogP contribution in [0.4, 0.5) is 0 Å². The van der Waals surface area contributed by atoms with E-state index in [0.717, 1.165) is 37.8 Å². The van der Waals surface area contributed by atoms with Crippen LogP contribution in [0.3, 0.4) is 0 Å². The normalized spacial score (nSPS) is 19.7. The maximum absolute atomic E-state index is 8.90. The third-order valence-corrected chi connectivity index (χ3v) is 3.24. The van der Waals surface area contributed by atoms with Gasteiger partial charge in [0.1, 0.15) is 17.7 Å². The monoisotopic (exact) mass is 199 g/mol. The highest BCUT2D eigenvalue weighted by Crippen LogP contribution is 2.38. The fourth-order valence-corrected chi connectivity index (χ4v) is 2.48. The lowest BCUT2D eigenvalue weighted by Crippen LogP contribution is -2.14. The molecule has 0 aromatic carbocycles. The first-order valence-electron chi connectivity index (χ1n) is 5.24. The quantitative estimate of drug-likeness (QED) is 0.561. The van der Waals surface area contributed by atoms with Gasteiger partial charge >= 0.3 is 0 Å². The van der Waals surface area contributed by atoms with Gasteiger partial charge in [-0.25, -0.2) is 0 Å². The second-order valence-corrected chi connectivity index (χ2v) is 4.03. The lowest BCUT2D eigenvalue weighted by Gasteiger charge is -2.22. The fraction of sp³-hybridized carbons (Fsp3) is 0.500. The lowest BCUT2D eigenvalue weighted by molar-refractivity contribution is 0.436. The Balaban J connectivity index is 2.50. The molecule has 0 radical (unpaired) electrons. The number of nitriles is 2. The van der Waals surface area contributed by atoms with Crippen molar-refractivity contribution in [2.45, 2.75) is 25.7 Å². The molecule has 0 unspecified atom stereocenters. The Hall–Kier alpha value is -1.74. The zero-order chi connectivity index (χ0) is 10.8. The van der Waals surface area contributed by atoms with Crippen molar-refractivity contribution in [2.75, 3.05) is 13.6 Å². The van der Waals surface area contributed by atoms with Gasteiger partial charge in [-0.05, 0) is 36.8 Å². The molecule has 1 aliphatic heterocycles. The molecule has 1 aliphatic carbocycles. The van der Waals surface area contributed by atoms with Crippen LogP contribution in [0.2, 0.25) is 0 Å². The van der Waals surface area contributed by atoms with Crippen molar-refractivity contribution in [2.24, 2.45) is 0 Å². The van der Waals surface area contributed by atoms with Crippen molar-refractivity contribution in [1.29, 1.82) is 10.5 Å². The van der Waals surface area contributed by atoms with Crippen molar-refractivity contribution in [3.05, 3.63) is 22.4 Å². The summed E-state index contributed by atoms with van der Waals surface area (Å²) in [6.45, 7) is 1.03. The van der Waals surface area contributed by atoms with Gasteiger partial charge in [-0.15, -0.1) is 0 Å². The third kappa shape index (κ3) is 1.51. The van der Waals surface area contributed by atoms with Crippen molar-refractivity contribution < 1.29 is 0 Å². The molecule has 0 N–H and O–H groups in total. The maximum Gasteiger partial charge on any atom is 0.133 e. The van der Waals surface area contributed by atoms with Crippen LogP contribution in [-0.2, 0) is 0 Å². The average molecular weight is 199 g/mol. The average Bonchev–Trinajstić information content (AvgIpc) is 2.64. The van der Waals surface area contributed by atoms with Gasteiger partial charge in [-0.3, -0.25) is 0 Å². The molecular formula is C12H13N3. The second kappa shape index (κ2) is 3.79. The van der Waals surface area contributed by atoms with Crippen LogP contribution in [0.15, 0.2) is 22.4 Å². The Morgan fingerprint density at radius 2 is 1.93 bits per heavy atom. The highest BCUT2D eigenvalue weighted by Gasteiger charge is 2.27. The Morgan fingerprint density at radius 3 is 2.60 bits per heavy atom. The first-order valence-corrected chi connectivity index (χ1v) is 5.24. The molecule has 0 saturated carbocycles. The number of hydrogen-bond acceptors (Lipinski definition) is 3. The Bertz CT molecular complexity index is 413. The summed E-state index contributed by atoms with van der Waals surface area (Å²) in [5, 5.41) is 17.8. The summed E-state index contributed by atoms with van der Waals surface area (Å²) < 4.78 is 0. The van der Waals surface area contributed by atoms with Crippen LogP contribution in [-0.4, -0.2) is 18.5 Å². The molecule has 2 rings (SSSR count). The predicted molar refractivity (Wildman–Crippen MR) is 56.4 cm³/mol.